The number of carbonyl (C=O) groups excluding carboxylic acids is 1. The molecule has 2 aliphatic carbocycles. The zero-order valence-corrected chi connectivity index (χ0v) is 18.8. The molecule has 1 saturated carbocycles. The quantitative estimate of drug-likeness (QED) is 0.745. The lowest BCUT2D eigenvalue weighted by Crippen LogP contribution is -2.51. The molecular formula is C26H28N4O2. The van der Waals surface area contributed by atoms with Gasteiger partial charge in [0.15, 0.2) is 11.5 Å². The molecule has 6 nitrogen and oxygen atoms in total. The number of rotatable bonds is 2. The van der Waals surface area contributed by atoms with Crippen LogP contribution in [0.4, 0.5) is 0 Å². The molecule has 1 fully saturated rings. The third kappa shape index (κ3) is 2.81. The van der Waals surface area contributed by atoms with Crippen LogP contribution in [0.15, 0.2) is 41.7 Å². The van der Waals surface area contributed by atoms with Gasteiger partial charge in [0.2, 0.25) is 0 Å². The molecule has 32 heavy (non-hydrogen) atoms. The fraction of sp³-hybridized carbons (Fsp3) is 0.423. The van der Waals surface area contributed by atoms with Crippen molar-refractivity contribution in [2.75, 3.05) is 14.2 Å². The Hall–Kier alpha value is -3.17. The highest BCUT2D eigenvalue weighted by Gasteiger charge is 2.66. The molecule has 0 radical (unpaired) electrons. The van der Waals surface area contributed by atoms with Crippen LogP contribution in [0.1, 0.15) is 49.3 Å². The Balaban J connectivity index is 1.66. The van der Waals surface area contributed by atoms with Crippen molar-refractivity contribution in [3.05, 3.63) is 53.3 Å². The summed E-state index contributed by atoms with van der Waals surface area (Å²) in [5.41, 5.74) is 10.0. The third-order valence-electron chi connectivity index (χ3n) is 7.60. The predicted molar refractivity (Wildman–Crippen MR) is 124 cm³/mol. The number of nitrogens with two attached hydrogens (primary N) is 1. The van der Waals surface area contributed by atoms with Crippen LogP contribution in [0.5, 0.6) is 0 Å². The summed E-state index contributed by atoms with van der Waals surface area (Å²) in [6, 6.07) is 8.43. The Morgan fingerprint density at radius 3 is 2.62 bits per heavy atom. The number of pyridine rings is 1. The highest BCUT2D eigenvalue weighted by Crippen LogP contribution is 2.62. The van der Waals surface area contributed by atoms with Crippen molar-refractivity contribution in [1.29, 1.82) is 0 Å². The minimum atomic E-state index is -0.968. The number of aromatic nitrogens is 1. The fourth-order valence-electron chi connectivity index (χ4n) is 5.92. The molecule has 1 aromatic carbocycles. The van der Waals surface area contributed by atoms with E-state index in [4.69, 9.17) is 15.5 Å². The van der Waals surface area contributed by atoms with E-state index in [2.05, 4.69) is 35.0 Å². The zero-order valence-electron chi connectivity index (χ0n) is 18.8. The summed E-state index contributed by atoms with van der Waals surface area (Å²) >= 11 is 0. The minimum absolute atomic E-state index is 0.0227. The number of fused-ring (bicyclic) bond motifs is 3. The van der Waals surface area contributed by atoms with Gasteiger partial charge in [-0.15, -0.1) is 5.92 Å². The maximum absolute atomic E-state index is 13.8. The Bertz CT molecular complexity index is 1180. The lowest BCUT2D eigenvalue weighted by molar-refractivity contribution is -0.137. The van der Waals surface area contributed by atoms with Gasteiger partial charge in [0, 0.05) is 43.1 Å². The molecule has 2 heterocycles. The van der Waals surface area contributed by atoms with Gasteiger partial charge in [-0.3, -0.25) is 14.7 Å². The number of ether oxygens (including phenoxy) is 1. The van der Waals surface area contributed by atoms with Gasteiger partial charge in [-0.1, -0.05) is 18.1 Å². The summed E-state index contributed by atoms with van der Waals surface area (Å²) in [7, 11) is 3.49. The Morgan fingerprint density at radius 2 is 1.97 bits per heavy atom. The number of amides is 1. The van der Waals surface area contributed by atoms with Gasteiger partial charge in [-0.05, 0) is 67.9 Å². The van der Waals surface area contributed by atoms with Crippen LogP contribution in [0, 0.1) is 17.3 Å². The van der Waals surface area contributed by atoms with Gasteiger partial charge in [0.25, 0.3) is 5.91 Å². The fourth-order valence-corrected chi connectivity index (χ4v) is 5.92. The first-order valence-electron chi connectivity index (χ1n) is 11.1. The lowest BCUT2D eigenvalue weighted by Gasteiger charge is -2.45. The molecule has 2 N–H and O–H groups in total. The van der Waals surface area contributed by atoms with Crippen molar-refractivity contribution in [3.8, 4) is 23.0 Å². The molecule has 1 unspecified atom stereocenters. The monoisotopic (exact) mass is 428 g/mol. The molecular weight excluding hydrogens is 400 g/mol. The van der Waals surface area contributed by atoms with E-state index in [9.17, 15) is 4.79 Å². The summed E-state index contributed by atoms with van der Waals surface area (Å²) < 4.78 is 5.63. The minimum Gasteiger partial charge on any atom is -0.381 e. The van der Waals surface area contributed by atoms with Gasteiger partial charge < -0.3 is 10.5 Å². The first-order chi connectivity index (χ1) is 15.4. The molecule has 3 aliphatic rings. The summed E-state index contributed by atoms with van der Waals surface area (Å²) in [6.45, 7) is 1.81. The smallest absolute Gasteiger partial charge is 0.262 e. The van der Waals surface area contributed by atoms with Crippen molar-refractivity contribution in [2.24, 2.45) is 16.1 Å². The van der Waals surface area contributed by atoms with E-state index in [1.165, 1.54) is 10.5 Å². The van der Waals surface area contributed by atoms with Crippen LogP contribution < -0.4 is 5.73 Å². The van der Waals surface area contributed by atoms with E-state index in [1.54, 1.807) is 20.4 Å². The number of methoxy groups -OCH3 is 1. The highest BCUT2D eigenvalue weighted by atomic mass is 16.5. The number of hydrogen-bond acceptors (Lipinski definition) is 5. The van der Waals surface area contributed by atoms with Crippen LogP contribution in [0.2, 0.25) is 0 Å². The van der Waals surface area contributed by atoms with Gasteiger partial charge >= 0.3 is 0 Å². The number of carbonyl (C=O) groups is 1. The average Bonchev–Trinajstić information content (AvgIpc) is 3.21. The second-order valence-electron chi connectivity index (χ2n) is 9.15. The summed E-state index contributed by atoms with van der Waals surface area (Å²) in [5.74, 6) is 6.27. The molecule has 6 heteroatoms. The van der Waals surface area contributed by atoms with Crippen LogP contribution in [-0.4, -0.2) is 42.0 Å². The van der Waals surface area contributed by atoms with Crippen LogP contribution in [0.3, 0.4) is 0 Å². The Morgan fingerprint density at radius 1 is 1.19 bits per heavy atom. The first-order valence-corrected chi connectivity index (χ1v) is 11.1. The molecule has 0 saturated heterocycles. The summed E-state index contributed by atoms with van der Waals surface area (Å²) in [4.78, 5) is 24.6. The molecule has 0 bridgehead atoms. The largest absolute Gasteiger partial charge is 0.381 e. The standard InChI is InChI=1S/C26H28N4O2/c1-4-5-17-12-20(16-28-15-17)18-6-7-19-14-25(10-8-21(32-3)9-11-25)26(22(19)13-18)23(31)30(2)24(27)29-26/h6-7,12-13,15-16,21H,8-11,14H2,1-3H3,(H2,27,29). The molecule has 1 atom stereocenters. The van der Waals surface area contributed by atoms with Gasteiger partial charge in [0.1, 0.15) is 0 Å². The van der Waals surface area contributed by atoms with E-state index in [0.717, 1.165) is 54.4 Å². The Labute approximate surface area is 188 Å². The van der Waals surface area contributed by atoms with E-state index in [0.29, 0.717) is 5.96 Å². The maximum atomic E-state index is 13.8. The van der Waals surface area contributed by atoms with Crippen molar-refractivity contribution in [1.82, 2.24) is 9.88 Å². The van der Waals surface area contributed by atoms with Crippen molar-refractivity contribution < 1.29 is 9.53 Å². The molecule has 1 aliphatic heterocycles. The lowest BCUT2D eigenvalue weighted by atomic mass is 9.61. The van der Waals surface area contributed by atoms with Crippen LogP contribution >= 0.6 is 0 Å². The Kier molecular flexibility index (Phi) is 4.83. The number of benzene rings is 1. The van der Waals surface area contributed by atoms with Crippen LogP contribution in [0.25, 0.3) is 11.1 Å². The van der Waals surface area contributed by atoms with Crippen LogP contribution in [-0.2, 0) is 21.5 Å². The molecule has 1 aromatic heterocycles. The predicted octanol–water partition coefficient (Wildman–Crippen LogP) is 3.23. The normalized spacial score (nSPS) is 28.6. The highest BCUT2D eigenvalue weighted by molar-refractivity contribution is 6.08. The van der Waals surface area contributed by atoms with E-state index >= 15 is 0 Å². The molecule has 1 amide bonds. The maximum Gasteiger partial charge on any atom is 0.262 e. The number of likely N-dealkylation sites (N-methyl/N-ethyl adjacent to an activating group) is 1. The van der Waals surface area contributed by atoms with E-state index in [-0.39, 0.29) is 17.4 Å². The van der Waals surface area contributed by atoms with Gasteiger partial charge in [-0.2, -0.15) is 0 Å². The number of hydrogen-bond donors (Lipinski definition) is 1. The molecule has 5 rings (SSSR count). The van der Waals surface area contributed by atoms with E-state index in [1.807, 2.05) is 19.2 Å². The molecule has 2 aromatic rings. The number of nitrogens with zero attached hydrogens (tertiary/aromatic N) is 3. The van der Waals surface area contributed by atoms with Gasteiger partial charge in [0.05, 0.1) is 6.10 Å². The third-order valence-corrected chi connectivity index (χ3v) is 7.60. The summed E-state index contributed by atoms with van der Waals surface area (Å²) in [5, 5.41) is 0. The van der Waals surface area contributed by atoms with E-state index < -0.39 is 5.54 Å². The van der Waals surface area contributed by atoms with Crippen molar-refractivity contribution in [2.45, 2.75) is 50.7 Å². The molecule has 164 valence electrons. The van der Waals surface area contributed by atoms with Crippen molar-refractivity contribution >= 4 is 11.9 Å². The second kappa shape index (κ2) is 7.46. The SMILES string of the molecule is CC#Cc1cncc(-c2ccc3c(c2)C2(N=C(N)N(C)C2=O)C2(CCC(OC)CC2)C3)c1. The second-order valence-corrected chi connectivity index (χ2v) is 9.15. The topological polar surface area (TPSA) is 80.8 Å². The average molecular weight is 429 g/mol. The summed E-state index contributed by atoms with van der Waals surface area (Å²) in [6.07, 6.45) is 8.28. The number of aliphatic imine (C=N–C) groups is 1. The van der Waals surface area contributed by atoms with Crippen molar-refractivity contribution in [3.63, 3.8) is 0 Å². The zero-order chi connectivity index (χ0) is 22.5. The molecule has 2 spiro atoms. The van der Waals surface area contributed by atoms with Gasteiger partial charge in [-0.25, -0.2) is 4.99 Å². The number of guanidine groups is 1. The first kappa shape index (κ1) is 20.7.